The van der Waals surface area contributed by atoms with Crippen LogP contribution < -0.4 is 5.73 Å². The predicted octanol–water partition coefficient (Wildman–Crippen LogP) is 2.31. The number of hydrogen-bond donors (Lipinski definition) is 2. The number of benzene rings is 1. The van der Waals surface area contributed by atoms with Crippen molar-refractivity contribution in [3.8, 4) is 0 Å². The van der Waals surface area contributed by atoms with Crippen molar-refractivity contribution in [3.05, 3.63) is 35.6 Å². The molecular weight excluding hydrogens is 243 g/mol. The van der Waals surface area contributed by atoms with Crippen LogP contribution in [-0.4, -0.2) is 35.7 Å². The van der Waals surface area contributed by atoms with Crippen molar-refractivity contribution in [1.29, 1.82) is 0 Å². The Labute approximate surface area is 115 Å². The van der Waals surface area contributed by atoms with Gasteiger partial charge in [0.05, 0.1) is 6.10 Å². The van der Waals surface area contributed by atoms with Crippen LogP contribution in [-0.2, 0) is 0 Å². The summed E-state index contributed by atoms with van der Waals surface area (Å²) in [5.74, 6) is -0.241. The van der Waals surface area contributed by atoms with Gasteiger partial charge in [-0.05, 0) is 44.5 Å². The van der Waals surface area contributed by atoms with Gasteiger partial charge in [0.2, 0.25) is 0 Å². The van der Waals surface area contributed by atoms with E-state index in [0.29, 0.717) is 6.42 Å². The molecule has 0 aliphatic rings. The highest BCUT2D eigenvalue weighted by molar-refractivity contribution is 5.21. The molecule has 0 amide bonds. The van der Waals surface area contributed by atoms with Crippen molar-refractivity contribution in [2.75, 3.05) is 13.6 Å². The Bertz CT molecular complexity index is 384. The lowest BCUT2D eigenvalue weighted by molar-refractivity contribution is 0.140. The van der Waals surface area contributed by atoms with E-state index in [1.165, 1.54) is 6.07 Å². The van der Waals surface area contributed by atoms with E-state index in [0.717, 1.165) is 18.5 Å². The van der Waals surface area contributed by atoms with Gasteiger partial charge in [0.15, 0.2) is 0 Å². The Balaban J connectivity index is 2.88. The lowest BCUT2D eigenvalue weighted by Gasteiger charge is -2.33. The highest BCUT2D eigenvalue weighted by Gasteiger charge is 2.23. The van der Waals surface area contributed by atoms with Crippen LogP contribution in [0.5, 0.6) is 0 Å². The van der Waals surface area contributed by atoms with E-state index in [4.69, 9.17) is 5.73 Å². The minimum Gasteiger partial charge on any atom is -0.393 e. The molecule has 0 aromatic heterocycles. The van der Waals surface area contributed by atoms with Crippen molar-refractivity contribution in [1.82, 2.24) is 4.90 Å². The van der Waals surface area contributed by atoms with E-state index in [-0.39, 0.29) is 24.0 Å². The molecular formula is C15H25FN2O. The van der Waals surface area contributed by atoms with Crippen LogP contribution in [0.3, 0.4) is 0 Å². The molecule has 0 saturated carbocycles. The monoisotopic (exact) mass is 268 g/mol. The highest BCUT2D eigenvalue weighted by atomic mass is 19.1. The van der Waals surface area contributed by atoms with Gasteiger partial charge < -0.3 is 10.8 Å². The zero-order chi connectivity index (χ0) is 14.4. The zero-order valence-electron chi connectivity index (χ0n) is 12.0. The summed E-state index contributed by atoms with van der Waals surface area (Å²) < 4.78 is 13.4. The molecule has 3 atom stereocenters. The van der Waals surface area contributed by atoms with Crippen LogP contribution in [0, 0.1) is 5.82 Å². The maximum absolute atomic E-state index is 13.4. The van der Waals surface area contributed by atoms with Crippen LogP contribution in [0.4, 0.5) is 4.39 Å². The molecule has 0 fully saturated rings. The van der Waals surface area contributed by atoms with Gasteiger partial charge >= 0.3 is 0 Å². The van der Waals surface area contributed by atoms with Gasteiger partial charge in [0, 0.05) is 18.6 Å². The lowest BCUT2D eigenvalue weighted by atomic mass is 9.96. The average Bonchev–Trinajstić information content (AvgIpc) is 2.36. The Kier molecular flexibility index (Phi) is 6.42. The molecule has 1 rings (SSSR count). The quantitative estimate of drug-likeness (QED) is 0.798. The van der Waals surface area contributed by atoms with E-state index in [2.05, 4.69) is 4.90 Å². The Hall–Kier alpha value is -0.970. The van der Waals surface area contributed by atoms with Crippen LogP contribution in [0.2, 0.25) is 0 Å². The summed E-state index contributed by atoms with van der Waals surface area (Å²) in [5.41, 5.74) is 7.07. The number of nitrogens with two attached hydrogens (primary N) is 1. The SMILES string of the molecule is CCC(N)C(c1cccc(F)c1)N(C)CCC(C)O. The van der Waals surface area contributed by atoms with Gasteiger partial charge in [-0.3, -0.25) is 4.90 Å². The Morgan fingerprint density at radius 2 is 2.11 bits per heavy atom. The summed E-state index contributed by atoms with van der Waals surface area (Å²) in [6, 6.07) is 6.51. The summed E-state index contributed by atoms with van der Waals surface area (Å²) in [4.78, 5) is 2.09. The van der Waals surface area contributed by atoms with Crippen LogP contribution in [0.25, 0.3) is 0 Å². The first kappa shape index (κ1) is 16.1. The molecule has 0 bridgehead atoms. The lowest BCUT2D eigenvalue weighted by Crippen LogP contribution is -2.39. The zero-order valence-corrected chi connectivity index (χ0v) is 12.0. The third-order valence-corrected chi connectivity index (χ3v) is 3.44. The molecule has 3 unspecified atom stereocenters. The normalized spacial score (nSPS) is 16.4. The molecule has 3 N–H and O–H groups in total. The van der Waals surface area contributed by atoms with E-state index in [9.17, 15) is 9.50 Å². The van der Waals surface area contributed by atoms with E-state index < -0.39 is 0 Å². The predicted molar refractivity (Wildman–Crippen MR) is 76.3 cm³/mol. The van der Waals surface area contributed by atoms with Crippen molar-refractivity contribution in [2.24, 2.45) is 5.73 Å². The average molecular weight is 268 g/mol. The first-order valence-electron chi connectivity index (χ1n) is 6.85. The fraction of sp³-hybridized carbons (Fsp3) is 0.600. The minimum atomic E-state index is -0.339. The maximum atomic E-state index is 13.4. The van der Waals surface area contributed by atoms with Gasteiger partial charge in [-0.2, -0.15) is 0 Å². The summed E-state index contributed by atoms with van der Waals surface area (Å²) in [6.45, 7) is 4.52. The number of nitrogens with zero attached hydrogens (tertiary/aromatic N) is 1. The summed E-state index contributed by atoms with van der Waals surface area (Å²) in [6.07, 6.45) is 1.16. The van der Waals surface area contributed by atoms with E-state index in [1.807, 2.05) is 20.0 Å². The Morgan fingerprint density at radius 1 is 1.42 bits per heavy atom. The van der Waals surface area contributed by atoms with Gasteiger partial charge in [0.25, 0.3) is 0 Å². The highest BCUT2D eigenvalue weighted by Crippen LogP contribution is 2.24. The number of halogens is 1. The number of aliphatic hydroxyl groups excluding tert-OH is 1. The van der Waals surface area contributed by atoms with Crippen LogP contribution in [0.15, 0.2) is 24.3 Å². The first-order chi connectivity index (χ1) is 8.95. The number of rotatable bonds is 7. The van der Waals surface area contributed by atoms with E-state index >= 15 is 0 Å². The van der Waals surface area contributed by atoms with Crippen molar-refractivity contribution in [3.63, 3.8) is 0 Å². The molecule has 3 nitrogen and oxygen atoms in total. The molecule has 0 heterocycles. The maximum Gasteiger partial charge on any atom is 0.123 e. The molecule has 108 valence electrons. The molecule has 0 radical (unpaired) electrons. The molecule has 0 saturated heterocycles. The second-order valence-electron chi connectivity index (χ2n) is 5.19. The summed E-state index contributed by atoms with van der Waals surface area (Å²) >= 11 is 0. The number of likely N-dealkylation sites (N-methyl/N-ethyl adjacent to an activating group) is 1. The second-order valence-corrected chi connectivity index (χ2v) is 5.19. The molecule has 4 heteroatoms. The topological polar surface area (TPSA) is 49.5 Å². The second kappa shape index (κ2) is 7.58. The first-order valence-corrected chi connectivity index (χ1v) is 6.85. The van der Waals surface area contributed by atoms with Crippen molar-refractivity contribution >= 4 is 0 Å². The Morgan fingerprint density at radius 3 is 2.63 bits per heavy atom. The largest absolute Gasteiger partial charge is 0.393 e. The molecule has 1 aromatic carbocycles. The van der Waals surface area contributed by atoms with Gasteiger partial charge in [-0.25, -0.2) is 4.39 Å². The standard InChI is InChI=1S/C15H25FN2O/c1-4-14(17)15(18(3)9-8-11(2)19)12-6-5-7-13(16)10-12/h5-7,10-11,14-15,19H,4,8-9,17H2,1-3H3. The van der Waals surface area contributed by atoms with Gasteiger partial charge in [-0.1, -0.05) is 19.1 Å². The van der Waals surface area contributed by atoms with Crippen LogP contribution >= 0.6 is 0 Å². The van der Waals surface area contributed by atoms with Crippen molar-refractivity contribution in [2.45, 2.75) is 44.9 Å². The smallest absolute Gasteiger partial charge is 0.123 e. The van der Waals surface area contributed by atoms with Gasteiger partial charge in [-0.15, -0.1) is 0 Å². The van der Waals surface area contributed by atoms with Crippen molar-refractivity contribution < 1.29 is 9.50 Å². The van der Waals surface area contributed by atoms with E-state index in [1.54, 1.807) is 19.1 Å². The fourth-order valence-electron chi connectivity index (χ4n) is 2.27. The fourth-order valence-corrected chi connectivity index (χ4v) is 2.27. The molecule has 1 aromatic rings. The summed E-state index contributed by atoms with van der Waals surface area (Å²) in [7, 11) is 1.97. The van der Waals surface area contributed by atoms with Gasteiger partial charge in [0.1, 0.15) is 5.82 Å². The van der Waals surface area contributed by atoms with Crippen LogP contribution in [0.1, 0.15) is 38.3 Å². The summed E-state index contributed by atoms with van der Waals surface area (Å²) in [5, 5.41) is 9.38. The molecule has 0 spiro atoms. The molecule has 0 aliphatic carbocycles. The third-order valence-electron chi connectivity index (χ3n) is 3.44. The third kappa shape index (κ3) is 4.90. The molecule has 19 heavy (non-hydrogen) atoms. The molecule has 0 aliphatic heterocycles. The number of hydrogen-bond acceptors (Lipinski definition) is 3. The minimum absolute atomic E-state index is 0.0283. The number of aliphatic hydroxyl groups is 1.